The molecule has 2 N–H and O–H groups in total. The first-order valence-electron chi connectivity index (χ1n) is 4.71. The van der Waals surface area contributed by atoms with E-state index in [1.807, 2.05) is 25.2 Å². The van der Waals surface area contributed by atoms with Crippen LogP contribution in [0.5, 0.6) is 5.75 Å². The Morgan fingerprint density at radius 3 is 3.00 bits per heavy atom. The van der Waals surface area contributed by atoms with Crippen LogP contribution in [0.25, 0.3) is 0 Å². The Labute approximate surface area is 102 Å². The van der Waals surface area contributed by atoms with Crippen molar-refractivity contribution in [2.75, 3.05) is 12.4 Å². The second-order valence-electron chi connectivity index (χ2n) is 3.06. The van der Waals surface area contributed by atoms with E-state index in [0.717, 1.165) is 15.6 Å². The number of phenols is 1. The fourth-order valence-electron chi connectivity index (χ4n) is 1.22. The van der Waals surface area contributed by atoms with Crippen molar-refractivity contribution in [3.63, 3.8) is 0 Å². The number of aromatic hydroxyl groups is 1. The third-order valence-electron chi connectivity index (χ3n) is 2.01. The number of para-hydroxylation sites is 1. The Balaban J connectivity index is 2.05. The standard InChI is InChI=1S/C10H11N3OS2/c1-11-10-7(12-13-16-10)6-15-9-5-3-2-4-8(9)14/h2-5,11,14H,6H2,1H3. The van der Waals surface area contributed by atoms with E-state index in [2.05, 4.69) is 14.9 Å². The lowest BCUT2D eigenvalue weighted by molar-refractivity contribution is 0.462. The molecular weight excluding hydrogens is 242 g/mol. The molecule has 1 heterocycles. The topological polar surface area (TPSA) is 58.0 Å². The number of phenolic OH excluding ortho intramolecular Hbond substituents is 1. The summed E-state index contributed by atoms with van der Waals surface area (Å²) in [5, 5.41) is 17.7. The van der Waals surface area contributed by atoms with Crippen LogP contribution < -0.4 is 5.32 Å². The molecule has 0 aliphatic carbocycles. The van der Waals surface area contributed by atoms with E-state index in [-0.39, 0.29) is 0 Å². The average Bonchev–Trinajstić information content (AvgIpc) is 2.75. The Morgan fingerprint density at radius 2 is 2.25 bits per heavy atom. The van der Waals surface area contributed by atoms with Crippen LogP contribution in [-0.4, -0.2) is 21.7 Å². The maximum absolute atomic E-state index is 9.60. The van der Waals surface area contributed by atoms with Crippen molar-refractivity contribution in [1.82, 2.24) is 9.59 Å². The number of benzene rings is 1. The van der Waals surface area contributed by atoms with Crippen LogP contribution in [-0.2, 0) is 5.75 Å². The molecule has 84 valence electrons. The van der Waals surface area contributed by atoms with Crippen molar-refractivity contribution in [3.05, 3.63) is 30.0 Å². The molecule has 0 spiro atoms. The second kappa shape index (κ2) is 5.18. The normalized spacial score (nSPS) is 10.3. The van der Waals surface area contributed by atoms with Crippen LogP contribution in [0.1, 0.15) is 5.69 Å². The number of nitrogens with one attached hydrogen (secondary N) is 1. The summed E-state index contributed by atoms with van der Waals surface area (Å²) in [5.41, 5.74) is 0.917. The lowest BCUT2D eigenvalue weighted by Crippen LogP contribution is -1.90. The summed E-state index contributed by atoms with van der Waals surface area (Å²) in [4.78, 5) is 0.859. The molecule has 4 nitrogen and oxygen atoms in total. The summed E-state index contributed by atoms with van der Waals surface area (Å²) < 4.78 is 3.88. The highest BCUT2D eigenvalue weighted by atomic mass is 32.2. The van der Waals surface area contributed by atoms with E-state index in [4.69, 9.17) is 0 Å². The molecule has 16 heavy (non-hydrogen) atoms. The Bertz CT molecular complexity index is 473. The van der Waals surface area contributed by atoms with Gasteiger partial charge in [0.15, 0.2) is 0 Å². The molecule has 0 saturated carbocycles. The molecule has 1 aromatic heterocycles. The zero-order valence-corrected chi connectivity index (χ0v) is 10.3. The van der Waals surface area contributed by atoms with Gasteiger partial charge in [-0.3, -0.25) is 0 Å². The maximum Gasteiger partial charge on any atom is 0.133 e. The lowest BCUT2D eigenvalue weighted by Gasteiger charge is -2.03. The van der Waals surface area contributed by atoms with Crippen LogP contribution >= 0.6 is 23.3 Å². The summed E-state index contributed by atoms with van der Waals surface area (Å²) in [6.07, 6.45) is 0. The first-order chi connectivity index (χ1) is 7.81. The number of nitrogens with zero attached hydrogens (tertiary/aromatic N) is 2. The summed E-state index contributed by atoms with van der Waals surface area (Å²) in [6, 6.07) is 7.28. The highest BCUT2D eigenvalue weighted by Gasteiger charge is 2.08. The molecule has 2 rings (SSSR count). The fourth-order valence-corrected chi connectivity index (χ4v) is 2.73. The third kappa shape index (κ3) is 2.45. The first-order valence-corrected chi connectivity index (χ1v) is 6.47. The molecule has 0 radical (unpaired) electrons. The van der Waals surface area contributed by atoms with Crippen molar-refractivity contribution in [2.45, 2.75) is 10.6 Å². The third-order valence-corrected chi connectivity index (χ3v) is 3.87. The van der Waals surface area contributed by atoms with Crippen LogP contribution in [0.4, 0.5) is 5.00 Å². The van der Waals surface area contributed by atoms with Crippen molar-refractivity contribution in [1.29, 1.82) is 0 Å². The molecule has 0 saturated heterocycles. The van der Waals surface area contributed by atoms with Gasteiger partial charge < -0.3 is 10.4 Å². The van der Waals surface area contributed by atoms with Crippen LogP contribution in [0.2, 0.25) is 0 Å². The smallest absolute Gasteiger partial charge is 0.133 e. The Kier molecular flexibility index (Phi) is 3.63. The number of rotatable bonds is 4. The predicted octanol–water partition coefficient (Wildman–Crippen LogP) is 2.58. The van der Waals surface area contributed by atoms with Gasteiger partial charge in [0.2, 0.25) is 0 Å². The van der Waals surface area contributed by atoms with Gasteiger partial charge in [-0.15, -0.1) is 16.9 Å². The molecule has 0 bridgehead atoms. The Morgan fingerprint density at radius 1 is 1.44 bits per heavy atom. The van der Waals surface area contributed by atoms with E-state index in [9.17, 15) is 5.11 Å². The number of anilines is 1. The lowest BCUT2D eigenvalue weighted by atomic mass is 10.3. The fraction of sp³-hybridized carbons (Fsp3) is 0.200. The van der Waals surface area contributed by atoms with Crippen LogP contribution in [0.15, 0.2) is 29.2 Å². The zero-order valence-electron chi connectivity index (χ0n) is 8.67. The zero-order chi connectivity index (χ0) is 11.4. The number of thioether (sulfide) groups is 1. The van der Waals surface area contributed by atoms with E-state index in [0.29, 0.717) is 11.5 Å². The molecule has 0 aliphatic heterocycles. The van der Waals surface area contributed by atoms with Gasteiger partial charge in [0.25, 0.3) is 0 Å². The molecule has 6 heteroatoms. The number of hydrogen-bond donors (Lipinski definition) is 2. The minimum Gasteiger partial charge on any atom is -0.507 e. The molecule has 0 amide bonds. The Hall–Kier alpha value is -1.27. The molecule has 0 unspecified atom stereocenters. The van der Waals surface area contributed by atoms with E-state index in [1.165, 1.54) is 11.5 Å². The van der Waals surface area contributed by atoms with Crippen molar-refractivity contribution >= 4 is 28.3 Å². The maximum atomic E-state index is 9.60. The minimum atomic E-state index is 0.307. The van der Waals surface area contributed by atoms with Gasteiger partial charge in [-0.1, -0.05) is 16.6 Å². The van der Waals surface area contributed by atoms with Gasteiger partial charge in [0, 0.05) is 29.2 Å². The van der Waals surface area contributed by atoms with E-state index in [1.54, 1.807) is 17.8 Å². The molecule has 1 aromatic carbocycles. The molecular formula is C10H11N3OS2. The monoisotopic (exact) mass is 253 g/mol. The SMILES string of the molecule is CNc1snnc1CSc1ccccc1O. The van der Waals surface area contributed by atoms with Crippen LogP contribution in [0.3, 0.4) is 0 Å². The van der Waals surface area contributed by atoms with Crippen LogP contribution in [0, 0.1) is 0 Å². The number of aromatic nitrogens is 2. The second-order valence-corrected chi connectivity index (χ2v) is 4.83. The van der Waals surface area contributed by atoms with Gasteiger partial charge in [-0.05, 0) is 12.1 Å². The quantitative estimate of drug-likeness (QED) is 0.820. The molecule has 0 aliphatic rings. The summed E-state index contributed by atoms with van der Waals surface area (Å²) in [7, 11) is 1.85. The molecule has 0 fully saturated rings. The molecule has 0 atom stereocenters. The predicted molar refractivity (Wildman–Crippen MR) is 67.1 cm³/mol. The average molecular weight is 253 g/mol. The summed E-state index contributed by atoms with van der Waals surface area (Å²) in [5.74, 6) is 1.01. The summed E-state index contributed by atoms with van der Waals surface area (Å²) >= 11 is 2.89. The van der Waals surface area contributed by atoms with Crippen molar-refractivity contribution < 1.29 is 5.11 Å². The summed E-state index contributed by atoms with van der Waals surface area (Å²) in [6.45, 7) is 0. The van der Waals surface area contributed by atoms with Gasteiger partial charge in [-0.25, -0.2) is 0 Å². The first kappa shape index (κ1) is 11.2. The van der Waals surface area contributed by atoms with E-state index < -0.39 is 0 Å². The van der Waals surface area contributed by atoms with Gasteiger partial charge in [-0.2, -0.15) is 0 Å². The van der Waals surface area contributed by atoms with E-state index >= 15 is 0 Å². The highest BCUT2D eigenvalue weighted by Crippen LogP contribution is 2.32. The number of hydrogen-bond acceptors (Lipinski definition) is 6. The van der Waals surface area contributed by atoms with Crippen molar-refractivity contribution in [2.24, 2.45) is 0 Å². The minimum absolute atomic E-state index is 0.307. The van der Waals surface area contributed by atoms with Gasteiger partial charge in [0.1, 0.15) is 16.4 Å². The van der Waals surface area contributed by atoms with Crippen molar-refractivity contribution in [3.8, 4) is 5.75 Å². The molecule has 2 aromatic rings. The highest BCUT2D eigenvalue weighted by molar-refractivity contribution is 7.98. The van der Waals surface area contributed by atoms with Gasteiger partial charge in [0.05, 0.1) is 0 Å². The van der Waals surface area contributed by atoms with Gasteiger partial charge >= 0.3 is 0 Å². The largest absolute Gasteiger partial charge is 0.507 e.